The second kappa shape index (κ2) is 10.3. The Hall–Kier alpha value is -0.630. The molecule has 6 unspecified atom stereocenters. The van der Waals surface area contributed by atoms with Gasteiger partial charge in [-0.25, -0.2) is 0 Å². The summed E-state index contributed by atoms with van der Waals surface area (Å²) in [5, 5.41) is 0.714. The molecule has 1 aromatic rings. The van der Waals surface area contributed by atoms with Crippen LogP contribution in [0.1, 0.15) is 80.1 Å². The minimum absolute atomic E-state index is 0.00157. The Morgan fingerprint density at radius 3 is 1.60 bits per heavy atom. The van der Waals surface area contributed by atoms with Crippen LogP contribution in [0.2, 0.25) is 0 Å². The highest BCUT2D eigenvalue weighted by Crippen LogP contribution is 2.55. The minimum atomic E-state index is -3.42. The van der Waals surface area contributed by atoms with E-state index in [1.54, 1.807) is 0 Å². The van der Waals surface area contributed by atoms with Gasteiger partial charge in [-0.2, -0.15) is 0 Å². The third kappa shape index (κ3) is 5.78. The summed E-state index contributed by atoms with van der Waals surface area (Å²) >= 11 is 0. The van der Waals surface area contributed by atoms with Crippen LogP contribution in [0.3, 0.4) is 0 Å². The van der Waals surface area contributed by atoms with E-state index in [0.717, 1.165) is 25.7 Å². The molecule has 0 aliphatic heterocycles. The van der Waals surface area contributed by atoms with Crippen molar-refractivity contribution in [3.8, 4) is 0 Å². The largest absolute Gasteiger partial charge is 0.361 e. The Bertz CT molecular complexity index is 663. The van der Waals surface area contributed by atoms with E-state index in [1.165, 1.54) is 12.8 Å². The van der Waals surface area contributed by atoms with Crippen molar-refractivity contribution in [3.63, 3.8) is 0 Å². The van der Waals surface area contributed by atoms with Gasteiger partial charge in [-0.3, -0.25) is 4.57 Å². The molecule has 1 aromatic carbocycles. The van der Waals surface area contributed by atoms with Crippen molar-refractivity contribution in [3.05, 3.63) is 30.3 Å². The molecule has 2 aliphatic rings. The molecule has 30 heavy (non-hydrogen) atoms. The molecule has 0 heterocycles. The average Bonchev–Trinajstić information content (AvgIpc) is 2.68. The van der Waals surface area contributed by atoms with Crippen molar-refractivity contribution in [2.24, 2.45) is 35.5 Å². The first-order chi connectivity index (χ1) is 14.2. The van der Waals surface area contributed by atoms with Gasteiger partial charge in [0.25, 0.3) is 0 Å². The maximum absolute atomic E-state index is 14.5. The lowest BCUT2D eigenvalue weighted by atomic mass is 9.75. The van der Waals surface area contributed by atoms with Crippen molar-refractivity contribution in [2.75, 3.05) is 0 Å². The van der Waals surface area contributed by atoms with Gasteiger partial charge in [0.1, 0.15) is 0 Å². The Balaban J connectivity index is 1.90. The fourth-order valence-electron chi connectivity index (χ4n) is 5.59. The van der Waals surface area contributed by atoms with Gasteiger partial charge >= 0.3 is 7.60 Å². The summed E-state index contributed by atoms with van der Waals surface area (Å²) in [6, 6.07) is 9.71. The first kappa shape index (κ1) is 24.0. The number of hydrogen-bond donors (Lipinski definition) is 0. The maximum atomic E-state index is 14.5. The Morgan fingerprint density at radius 2 is 1.20 bits per heavy atom. The molecule has 0 aromatic heterocycles. The zero-order valence-electron chi connectivity index (χ0n) is 19.9. The van der Waals surface area contributed by atoms with Crippen molar-refractivity contribution >= 4 is 12.9 Å². The lowest BCUT2D eigenvalue weighted by Crippen LogP contribution is -2.37. The molecule has 0 radical (unpaired) electrons. The van der Waals surface area contributed by atoms with Gasteiger partial charge in [-0.05, 0) is 73.3 Å². The van der Waals surface area contributed by atoms with Gasteiger partial charge in [0, 0.05) is 0 Å². The first-order valence-electron chi connectivity index (χ1n) is 12.2. The topological polar surface area (TPSA) is 35.5 Å². The Morgan fingerprint density at radius 1 is 0.767 bits per heavy atom. The van der Waals surface area contributed by atoms with Gasteiger partial charge in [0.15, 0.2) is 0 Å². The maximum Gasteiger partial charge on any atom is 0.361 e. The summed E-state index contributed by atoms with van der Waals surface area (Å²) in [5.74, 6) is 3.12. The molecule has 0 N–H and O–H groups in total. The van der Waals surface area contributed by atoms with Gasteiger partial charge in [-0.1, -0.05) is 72.6 Å². The second-order valence-electron chi connectivity index (χ2n) is 10.8. The van der Waals surface area contributed by atoms with E-state index in [4.69, 9.17) is 9.05 Å². The lowest BCUT2D eigenvalue weighted by molar-refractivity contribution is -0.0000276. The molecule has 4 heteroatoms. The molecular weight excluding hydrogens is 391 g/mol. The quantitative estimate of drug-likeness (QED) is 0.418. The summed E-state index contributed by atoms with van der Waals surface area (Å²) in [7, 11) is -3.42. The number of rotatable bonds is 7. The fourth-order valence-corrected chi connectivity index (χ4v) is 7.61. The van der Waals surface area contributed by atoms with E-state index in [0.29, 0.717) is 40.8 Å². The third-order valence-corrected chi connectivity index (χ3v) is 9.57. The smallest absolute Gasteiger partial charge is 0.302 e. The van der Waals surface area contributed by atoms with Crippen molar-refractivity contribution in [1.82, 2.24) is 0 Å². The number of benzene rings is 1. The van der Waals surface area contributed by atoms with Gasteiger partial charge < -0.3 is 9.05 Å². The molecular formula is C26H43O3P. The molecule has 2 fully saturated rings. The molecule has 6 atom stereocenters. The molecule has 170 valence electrons. The van der Waals surface area contributed by atoms with Crippen molar-refractivity contribution in [2.45, 2.75) is 92.3 Å². The number of hydrogen-bond acceptors (Lipinski definition) is 3. The van der Waals surface area contributed by atoms with Gasteiger partial charge in [0.05, 0.1) is 17.5 Å². The van der Waals surface area contributed by atoms with Crippen LogP contribution in [0, 0.1) is 35.5 Å². The third-order valence-electron chi connectivity index (χ3n) is 7.54. The Kier molecular flexibility index (Phi) is 8.27. The molecule has 0 amide bonds. The summed E-state index contributed by atoms with van der Waals surface area (Å²) in [5.41, 5.74) is 0. The van der Waals surface area contributed by atoms with Gasteiger partial charge in [-0.15, -0.1) is 0 Å². The van der Waals surface area contributed by atoms with E-state index >= 15 is 0 Å². The van der Waals surface area contributed by atoms with Crippen LogP contribution in [0.5, 0.6) is 0 Å². The highest BCUT2D eigenvalue weighted by molar-refractivity contribution is 7.62. The van der Waals surface area contributed by atoms with Crippen LogP contribution < -0.4 is 5.30 Å². The molecule has 0 saturated heterocycles. The first-order valence-corrected chi connectivity index (χ1v) is 13.8. The predicted molar refractivity (Wildman–Crippen MR) is 126 cm³/mol. The highest BCUT2D eigenvalue weighted by atomic mass is 31.2. The molecule has 0 spiro atoms. The molecule has 2 aliphatic carbocycles. The standard InChI is InChI=1S/C26H43O3P/c1-18(2)23-14-12-20(5)16-25(23)28-30(27,22-10-8-7-9-11-22)29-26-17-21(6)13-15-24(26)19(3)4/h7-11,18-21,23-26H,12-17H2,1-6H3. The van der Waals surface area contributed by atoms with Crippen LogP contribution in [-0.4, -0.2) is 12.2 Å². The van der Waals surface area contributed by atoms with Crippen LogP contribution in [0.25, 0.3) is 0 Å². The van der Waals surface area contributed by atoms with Crippen LogP contribution in [0.15, 0.2) is 30.3 Å². The molecule has 2 saturated carbocycles. The van der Waals surface area contributed by atoms with Gasteiger partial charge in [0.2, 0.25) is 0 Å². The van der Waals surface area contributed by atoms with Crippen LogP contribution in [-0.2, 0) is 13.6 Å². The Labute approximate surface area is 184 Å². The van der Waals surface area contributed by atoms with Crippen molar-refractivity contribution < 1.29 is 13.6 Å². The summed E-state index contributed by atoms with van der Waals surface area (Å²) in [4.78, 5) is 0. The summed E-state index contributed by atoms with van der Waals surface area (Å²) < 4.78 is 27.7. The fraction of sp³-hybridized carbons (Fsp3) is 0.769. The zero-order chi connectivity index (χ0) is 21.9. The molecule has 3 rings (SSSR count). The van der Waals surface area contributed by atoms with E-state index in [-0.39, 0.29) is 12.2 Å². The minimum Gasteiger partial charge on any atom is -0.302 e. The van der Waals surface area contributed by atoms with E-state index in [2.05, 4.69) is 41.5 Å². The molecule has 0 bridgehead atoms. The lowest BCUT2D eigenvalue weighted by Gasteiger charge is -2.41. The average molecular weight is 435 g/mol. The highest BCUT2D eigenvalue weighted by Gasteiger charge is 2.42. The SMILES string of the molecule is CC1CCC(C(C)C)C(OP(=O)(OC2CC(C)CCC2C(C)C)c2ccccc2)C1. The zero-order valence-corrected chi connectivity index (χ0v) is 20.8. The molecule has 3 nitrogen and oxygen atoms in total. The second-order valence-corrected chi connectivity index (χ2v) is 12.7. The van der Waals surface area contributed by atoms with E-state index in [1.807, 2.05) is 30.3 Å². The monoisotopic (exact) mass is 434 g/mol. The summed E-state index contributed by atoms with van der Waals surface area (Å²) in [6.45, 7) is 13.6. The van der Waals surface area contributed by atoms with Crippen LogP contribution >= 0.6 is 7.60 Å². The van der Waals surface area contributed by atoms with Crippen molar-refractivity contribution in [1.29, 1.82) is 0 Å². The predicted octanol–water partition coefficient (Wildman–Crippen LogP) is 7.46. The summed E-state index contributed by atoms with van der Waals surface area (Å²) in [6.07, 6.45) is 6.69. The van der Waals surface area contributed by atoms with Crippen LogP contribution in [0.4, 0.5) is 0 Å². The van der Waals surface area contributed by atoms with E-state index in [9.17, 15) is 4.57 Å². The normalized spacial score (nSPS) is 34.8. The van der Waals surface area contributed by atoms with E-state index < -0.39 is 7.60 Å².